The number of anilines is 1. The Bertz CT molecular complexity index is 852. The second-order valence-electron chi connectivity index (χ2n) is 8.99. The molecule has 30 heavy (non-hydrogen) atoms. The van der Waals surface area contributed by atoms with Crippen molar-refractivity contribution in [1.29, 1.82) is 0 Å². The number of benzene rings is 1. The fourth-order valence-electron chi connectivity index (χ4n) is 3.44. The Kier molecular flexibility index (Phi) is 7.29. The van der Waals surface area contributed by atoms with Crippen molar-refractivity contribution in [3.8, 4) is 0 Å². The molecule has 1 atom stereocenters. The lowest BCUT2D eigenvalue weighted by Crippen LogP contribution is -2.48. The van der Waals surface area contributed by atoms with E-state index in [1.165, 1.54) is 4.90 Å². The topological polar surface area (TPSA) is 87.7 Å². The summed E-state index contributed by atoms with van der Waals surface area (Å²) in [5, 5.41) is 5.81. The van der Waals surface area contributed by atoms with Crippen LogP contribution in [-0.4, -0.2) is 35.5 Å². The first-order valence-electron chi connectivity index (χ1n) is 10.3. The van der Waals surface area contributed by atoms with Gasteiger partial charge in [0.25, 0.3) is 0 Å². The zero-order valence-corrected chi connectivity index (χ0v) is 19.0. The van der Waals surface area contributed by atoms with Crippen LogP contribution in [0.1, 0.15) is 66.5 Å². The molecule has 0 bridgehead atoms. The molecule has 1 aromatic carbocycles. The van der Waals surface area contributed by atoms with Crippen LogP contribution in [0.2, 0.25) is 0 Å². The molecule has 0 unspecified atom stereocenters. The van der Waals surface area contributed by atoms with Crippen molar-refractivity contribution >= 4 is 23.6 Å². The van der Waals surface area contributed by atoms with E-state index in [1.54, 1.807) is 39.0 Å². The van der Waals surface area contributed by atoms with Gasteiger partial charge in [0.1, 0.15) is 0 Å². The van der Waals surface area contributed by atoms with Gasteiger partial charge in [0, 0.05) is 24.4 Å². The van der Waals surface area contributed by atoms with E-state index in [4.69, 9.17) is 4.74 Å². The molecular formula is C23H33N3O4. The molecular weight excluding hydrogens is 382 g/mol. The SMILES string of the molecule is CCN1C(=O)N[C@H](c2cccc(NC(=O)CC(C)(C)C)c2)C(C(=O)OC(C)C)=C1C. The number of nitrogens with zero attached hydrogens (tertiary/aromatic N) is 1. The number of rotatable bonds is 6. The number of carbonyl (C=O) groups excluding carboxylic acids is 3. The van der Waals surface area contributed by atoms with E-state index < -0.39 is 12.0 Å². The lowest BCUT2D eigenvalue weighted by atomic mass is 9.92. The molecule has 0 radical (unpaired) electrons. The van der Waals surface area contributed by atoms with Crippen LogP contribution >= 0.6 is 0 Å². The maximum absolute atomic E-state index is 12.9. The van der Waals surface area contributed by atoms with E-state index in [0.717, 1.165) is 0 Å². The van der Waals surface area contributed by atoms with Gasteiger partial charge in [0.05, 0.1) is 17.7 Å². The van der Waals surface area contributed by atoms with E-state index in [0.29, 0.717) is 35.5 Å². The molecule has 0 aliphatic carbocycles. The highest BCUT2D eigenvalue weighted by molar-refractivity contribution is 5.95. The van der Waals surface area contributed by atoms with Crippen LogP contribution in [0.4, 0.5) is 10.5 Å². The van der Waals surface area contributed by atoms with E-state index in [-0.39, 0.29) is 23.5 Å². The molecule has 3 amide bonds. The first kappa shape index (κ1) is 23.4. The third-order valence-electron chi connectivity index (χ3n) is 4.67. The summed E-state index contributed by atoms with van der Waals surface area (Å²) in [7, 11) is 0. The Balaban J connectivity index is 2.40. The fourth-order valence-corrected chi connectivity index (χ4v) is 3.44. The van der Waals surface area contributed by atoms with E-state index in [1.807, 2.05) is 33.8 Å². The second kappa shape index (κ2) is 9.32. The van der Waals surface area contributed by atoms with Gasteiger partial charge in [-0.2, -0.15) is 0 Å². The van der Waals surface area contributed by atoms with Gasteiger partial charge in [-0.3, -0.25) is 9.69 Å². The molecule has 1 heterocycles. The highest BCUT2D eigenvalue weighted by Gasteiger charge is 2.36. The Hall–Kier alpha value is -2.83. The number of hydrogen-bond acceptors (Lipinski definition) is 4. The first-order chi connectivity index (χ1) is 13.9. The maximum Gasteiger partial charge on any atom is 0.338 e. The van der Waals surface area contributed by atoms with Crippen molar-refractivity contribution < 1.29 is 19.1 Å². The van der Waals surface area contributed by atoms with Crippen LogP contribution in [0.15, 0.2) is 35.5 Å². The molecule has 0 fully saturated rings. The normalized spacial score (nSPS) is 17.1. The minimum Gasteiger partial charge on any atom is -0.459 e. The second-order valence-corrected chi connectivity index (χ2v) is 8.99. The van der Waals surface area contributed by atoms with Gasteiger partial charge >= 0.3 is 12.0 Å². The van der Waals surface area contributed by atoms with Gasteiger partial charge in [-0.05, 0) is 50.8 Å². The summed E-state index contributed by atoms with van der Waals surface area (Å²) < 4.78 is 5.45. The Morgan fingerprint density at radius 1 is 1.27 bits per heavy atom. The number of amides is 3. The first-order valence-corrected chi connectivity index (χ1v) is 10.3. The minimum absolute atomic E-state index is 0.0874. The van der Waals surface area contributed by atoms with Gasteiger partial charge in [0.15, 0.2) is 0 Å². The van der Waals surface area contributed by atoms with Crippen molar-refractivity contribution in [3.05, 3.63) is 41.1 Å². The molecule has 2 rings (SSSR count). The van der Waals surface area contributed by atoms with Crippen molar-refractivity contribution in [3.63, 3.8) is 0 Å². The molecule has 7 nitrogen and oxygen atoms in total. The number of nitrogens with one attached hydrogen (secondary N) is 2. The Morgan fingerprint density at radius 3 is 2.50 bits per heavy atom. The van der Waals surface area contributed by atoms with Crippen LogP contribution in [0, 0.1) is 5.41 Å². The Morgan fingerprint density at radius 2 is 1.93 bits per heavy atom. The zero-order valence-electron chi connectivity index (χ0n) is 19.0. The van der Waals surface area contributed by atoms with E-state index >= 15 is 0 Å². The lowest BCUT2D eigenvalue weighted by Gasteiger charge is -2.35. The van der Waals surface area contributed by atoms with Crippen molar-refractivity contribution in [2.75, 3.05) is 11.9 Å². The molecule has 0 aromatic heterocycles. The fraction of sp³-hybridized carbons (Fsp3) is 0.522. The summed E-state index contributed by atoms with van der Waals surface area (Å²) in [5.74, 6) is -0.552. The molecule has 0 spiro atoms. The predicted molar refractivity (Wildman–Crippen MR) is 117 cm³/mol. The number of carbonyl (C=O) groups is 3. The number of ether oxygens (including phenoxy) is 1. The number of esters is 1. The number of allylic oxidation sites excluding steroid dienone is 1. The smallest absolute Gasteiger partial charge is 0.338 e. The van der Waals surface area contributed by atoms with E-state index in [2.05, 4.69) is 10.6 Å². The summed E-state index contributed by atoms with van der Waals surface area (Å²) in [5.41, 5.74) is 2.14. The standard InChI is InChI=1S/C23H33N3O4/c1-8-26-15(4)19(21(28)30-14(2)3)20(25-22(26)29)16-10-9-11-17(12-16)24-18(27)13-23(5,6)7/h9-12,14,20H,8,13H2,1-7H3,(H,24,27)(H,25,29)/t20-/m1/s1. The zero-order chi connectivity index (χ0) is 22.6. The summed E-state index contributed by atoms with van der Waals surface area (Å²) >= 11 is 0. The molecule has 1 aliphatic rings. The van der Waals surface area contributed by atoms with Gasteiger partial charge in [-0.15, -0.1) is 0 Å². The number of hydrogen-bond donors (Lipinski definition) is 2. The van der Waals surface area contributed by atoms with Crippen molar-refractivity contribution in [1.82, 2.24) is 10.2 Å². The van der Waals surface area contributed by atoms with Gasteiger partial charge < -0.3 is 15.4 Å². The molecule has 1 aliphatic heterocycles. The maximum atomic E-state index is 12.9. The summed E-state index contributed by atoms with van der Waals surface area (Å²) in [4.78, 5) is 39.3. The van der Waals surface area contributed by atoms with Crippen LogP contribution in [0.3, 0.4) is 0 Å². The third-order valence-corrected chi connectivity index (χ3v) is 4.67. The monoisotopic (exact) mass is 415 g/mol. The van der Waals surface area contributed by atoms with Crippen molar-refractivity contribution in [2.24, 2.45) is 5.41 Å². The molecule has 164 valence electrons. The van der Waals surface area contributed by atoms with Gasteiger partial charge in [-0.1, -0.05) is 32.9 Å². The average Bonchev–Trinajstić information content (AvgIpc) is 2.59. The van der Waals surface area contributed by atoms with Crippen molar-refractivity contribution in [2.45, 2.75) is 67.0 Å². The lowest BCUT2D eigenvalue weighted by molar-refractivity contribution is -0.143. The van der Waals surface area contributed by atoms with Gasteiger partial charge in [0.2, 0.25) is 5.91 Å². The largest absolute Gasteiger partial charge is 0.459 e. The van der Waals surface area contributed by atoms with Crippen LogP contribution < -0.4 is 10.6 Å². The van der Waals surface area contributed by atoms with Crippen LogP contribution in [0.5, 0.6) is 0 Å². The van der Waals surface area contributed by atoms with Gasteiger partial charge in [-0.25, -0.2) is 9.59 Å². The molecule has 2 N–H and O–H groups in total. The van der Waals surface area contributed by atoms with Crippen LogP contribution in [0.25, 0.3) is 0 Å². The average molecular weight is 416 g/mol. The summed E-state index contributed by atoms with van der Waals surface area (Å²) in [6.45, 7) is 13.6. The Labute approximate surface area is 178 Å². The quantitative estimate of drug-likeness (QED) is 0.675. The van der Waals surface area contributed by atoms with Crippen LogP contribution in [-0.2, 0) is 14.3 Å². The third kappa shape index (κ3) is 5.84. The highest BCUT2D eigenvalue weighted by atomic mass is 16.5. The molecule has 7 heteroatoms. The minimum atomic E-state index is -0.661. The summed E-state index contributed by atoms with van der Waals surface area (Å²) in [6, 6.07) is 6.25. The molecule has 0 saturated carbocycles. The van der Waals surface area contributed by atoms with E-state index in [9.17, 15) is 14.4 Å². The molecule has 0 saturated heterocycles. The predicted octanol–water partition coefficient (Wildman–Crippen LogP) is 4.37. The highest BCUT2D eigenvalue weighted by Crippen LogP contribution is 2.32. The molecule has 1 aromatic rings. The number of urea groups is 1. The summed E-state index contributed by atoms with van der Waals surface area (Å²) in [6.07, 6.45) is 0.0996.